The molecule has 0 atom stereocenters. The van der Waals surface area contributed by atoms with Crippen LogP contribution in [0, 0.1) is 6.92 Å². The average molecular weight is 492 g/mol. The minimum atomic E-state index is 0.271. The molecule has 0 bridgehead atoms. The van der Waals surface area contributed by atoms with Crippen LogP contribution in [0.4, 0.5) is 0 Å². The molecule has 2 heteroatoms. The van der Waals surface area contributed by atoms with Crippen molar-refractivity contribution in [3.8, 4) is 5.75 Å². The number of aryl methyl sites for hydroxylation is 2. The Morgan fingerprint density at radius 1 is 0.829 bits per heavy atom. The van der Waals surface area contributed by atoms with E-state index in [1.807, 2.05) is 27.7 Å². The molecule has 0 saturated carbocycles. The molecule has 190 valence electrons. The SMILES string of the molecule is C/C=C(\C=C/CC)CCc1cc(C)ccc1OC.CC.CC.c1ccc([PH2+]c2ccccc2)cc1. The van der Waals surface area contributed by atoms with Gasteiger partial charge in [0.2, 0.25) is 0 Å². The molecule has 0 unspecified atom stereocenters. The van der Waals surface area contributed by atoms with Crippen molar-refractivity contribution in [3.63, 3.8) is 0 Å². The van der Waals surface area contributed by atoms with Crippen LogP contribution in [0.15, 0.2) is 103 Å². The van der Waals surface area contributed by atoms with Gasteiger partial charge in [-0.3, -0.25) is 0 Å². The van der Waals surface area contributed by atoms with Crippen LogP contribution in [0.3, 0.4) is 0 Å². The molecule has 0 aliphatic carbocycles. The largest absolute Gasteiger partial charge is 0.496 e. The van der Waals surface area contributed by atoms with E-state index in [0.717, 1.165) is 25.0 Å². The molecule has 0 radical (unpaired) electrons. The van der Waals surface area contributed by atoms with Crippen LogP contribution in [-0.4, -0.2) is 7.11 Å². The highest BCUT2D eigenvalue weighted by molar-refractivity contribution is 7.55. The van der Waals surface area contributed by atoms with Crippen molar-refractivity contribution in [2.24, 2.45) is 0 Å². The van der Waals surface area contributed by atoms with Gasteiger partial charge in [0.05, 0.1) is 26.3 Å². The second-order valence-corrected chi connectivity index (χ2v) is 9.08. The van der Waals surface area contributed by atoms with Crippen LogP contribution in [-0.2, 0) is 6.42 Å². The Balaban J connectivity index is 0.000000597. The summed E-state index contributed by atoms with van der Waals surface area (Å²) in [5.74, 6) is 0.996. The van der Waals surface area contributed by atoms with Gasteiger partial charge in [-0.05, 0) is 69.0 Å². The molecule has 0 aliphatic rings. The highest BCUT2D eigenvalue weighted by Crippen LogP contribution is 2.22. The summed E-state index contributed by atoms with van der Waals surface area (Å²) in [5.41, 5.74) is 3.97. The van der Waals surface area contributed by atoms with Crippen molar-refractivity contribution >= 4 is 19.2 Å². The molecule has 0 aromatic heterocycles. The normalized spacial score (nSPS) is 10.2. The molecule has 3 rings (SSSR count). The van der Waals surface area contributed by atoms with E-state index in [4.69, 9.17) is 4.74 Å². The number of ether oxygens (including phenoxy) is 1. The lowest BCUT2D eigenvalue weighted by Crippen LogP contribution is -2.01. The van der Waals surface area contributed by atoms with Gasteiger partial charge in [-0.15, -0.1) is 0 Å². The molecule has 0 spiro atoms. The molecule has 0 aliphatic heterocycles. The van der Waals surface area contributed by atoms with Gasteiger partial charge in [0.15, 0.2) is 0 Å². The minimum Gasteiger partial charge on any atom is -0.496 e. The third-order valence-electron chi connectivity index (χ3n) is 4.99. The number of methoxy groups -OCH3 is 1. The zero-order valence-electron chi connectivity index (χ0n) is 23.3. The van der Waals surface area contributed by atoms with Crippen LogP contribution in [0.5, 0.6) is 5.75 Å². The molecule has 3 aromatic carbocycles. The summed E-state index contributed by atoms with van der Waals surface area (Å²) in [4.78, 5) is 0. The summed E-state index contributed by atoms with van der Waals surface area (Å²) in [6.07, 6.45) is 9.80. The smallest absolute Gasteiger partial charge is 0.122 e. The third-order valence-corrected chi connectivity index (χ3v) is 6.43. The fourth-order valence-electron chi connectivity index (χ4n) is 3.27. The Hall–Kier alpha value is -2.63. The molecule has 0 amide bonds. The summed E-state index contributed by atoms with van der Waals surface area (Å²) in [6.45, 7) is 14.4. The Labute approximate surface area is 218 Å². The van der Waals surface area contributed by atoms with Gasteiger partial charge in [0, 0.05) is 0 Å². The first-order valence-electron chi connectivity index (χ1n) is 13.1. The lowest BCUT2D eigenvalue weighted by atomic mass is 10.0. The van der Waals surface area contributed by atoms with Crippen molar-refractivity contribution in [2.75, 3.05) is 7.11 Å². The van der Waals surface area contributed by atoms with E-state index in [1.165, 1.54) is 27.3 Å². The van der Waals surface area contributed by atoms with Crippen molar-refractivity contribution < 1.29 is 4.74 Å². The third kappa shape index (κ3) is 14.4. The van der Waals surface area contributed by atoms with E-state index < -0.39 is 0 Å². The van der Waals surface area contributed by atoms with Crippen LogP contribution in [0.2, 0.25) is 0 Å². The molecular weight excluding hydrogens is 443 g/mol. The van der Waals surface area contributed by atoms with E-state index in [0.29, 0.717) is 0 Å². The summed E-state index contributed by atoms with van der Waals surface area (Å²) >= 11 is 0. The number of hydrogen-bond donors (Lipinski definition) is 0. The molecule has 3 aromatic rings. The van der Waals surface area contributed by atoms with E-state index in [2.05, 4.69) is 118 Å². The Morgan fingerprint density at radius 2 is 1.37 bits per heavy atom. The first-order valence-corrected chi connectivity index (χ1v) is 14.2. The minimum absolute atomic E-state index is 0.271. The predicted octanol–water partition coefficient (Wildman–Crippen LogP) is 8.95. The van der Waals surface area contributed by atoms with Crippen LogP contribution < -0.4 is 15.3 Å². The molecule has 35 heavy (non-hydrogen) atoms. The second-order valence-electron chi connectivity index (χ2n) is 7.46. The van der Waals surface area contributed by atoms with Crippen molar-refractivity contribution in [3.05, 3.63) is 114 Å². The van der Waals surface area contributed by atoms with E-state index in [9.17, 15) is 0 Å². The van der Waals surface area contributed by atoms with Gasteiger partial charge in [-0.2, -0.15) is 0 Å². The molecule has 0 N–H and O–H groups in total. The topological polar surface area (TPSA) is 9.23 Å². The predicted molar refractivity (Wildman–Crippen MR) is 164 cm³/mol. The van der Waals surface area contributed by atoms with E-state index >= 15 is 0 Å². The lowest BCUT2D eigenvalue weighted by molar-refractivity contribution is 0.409. The zero-order chi connectivity index (χ0) is 26.3. The standard InChI is InChI=1S/C17H24O.C12H11P.2C2H6/c1-5-7-8-15(6-2)10-11-16-13-14(3)9-12-17(16)18-4;1-3-7-11(8-4-1)13-12-9-5-2-6-10-12;2*1-2/h6-9,12-13H,5,10-11H2,1-4H3;1-10,13H;2*1-2H3/p+1/b8-7-,15-6+;;;. The molecule has 1 nitrogen and oxygen atoms in total. The average Bonchev–Trinajstić information content (AvgIpc) is 2.93. The Bertz CT molecular complexity index is 906. The van der Waals surface area contributed by atoms with E-state index in [1.54, 1.807) is 7.11 Å². The highest BCUT2D eigenvalue weighted by Gasteiger charge is 2.04. The van der Waals surface area contributed by atoms with Gasteiger partial charge < -0.3 is 4.74 Å². The molecule has 0 saturated heterocycles. The fraction of sp³-hybridized carbons (Fsp3) is 0.333. The maximum absolute atomic E-state index is 5.41. The maximum atomic E-state index is 5.41. The summed E-state index contributed by atoms with van der Waals surface area (Å²) in [7, 11) is 2.01. The first kappa shape index (κ1) is 32.4. The summed E-state index contributed by atoms with van der Waals surface area (Å²) < 4.78 is 5.41. The van der Waals surface area contributed by atoms with Crippen molar-refractivity contribution in [1.82, 2.24) is 0 Å². The van der Waals surface area contributed by atoms with Gasteiger partial charge in [0.1, 0.15) is 5.75 Å². The summed E-state index contributed by atoms with van der Waals surface area (Å²) in [5, 5.41) is 2.90. The van der Waals surface area contributed by atoms with E-state index in [-0.39, 0.29) is 8.58 Å². The van der Waals surface area contributed by atoms with Gasteiger partial charge in [-0.25, -0.2) is 0 Å². The van der Waals surface area contributed by atoms with Crippen molar-refractivity contribution in [2.45, 2.75) is 67.7 Å². The maximum Gasteiger partial charge on any atom is 0.122 e. The number of allylic oxidation sites excluding steroid dienone is 4. The van der Waals surface area contributed by atoms with Crippen LogP contribution >= 0.6 is 8.58 Å². The van der Waals surface area contributed by atoms with Crippen LogP contribution in [0.25, 0.3) is 0 Å². The summed E-state index contributed by atoms with van der Waals surface area (Å²) in [6, 6.07) is 27.7. The van der Waals surface area contributed by atoms with Gasteiger partial charge in [-0.1, -0.05) is 113 Å². The van der Waals surface area contributed by atoms with Crippen LogP contribution in [0.1, 0.15) is 65.5 Å². The Kier molecular flexibility index (Phi) is 20.2. The quantitative estimate of drug-likeness (QED) is 0.226. The molecule has 0 fully saturated rings. The number of benzene rings is 3. The molecular formula is C33H48OP+. The zero-order valence-corrected chi connectivity index (χ0v) is 24.5. The lowest BCUT2D eigenvalue weighted by Gasteiger charge is -2.09. The second kappa shape index (κ2) is 21.9. The monoisotopic (exact) mass is 491 g/mol. The van der Waals surface area contributed by atoms with Gasteiger partial charge >= 0.3 is 0 Å². The van der Waals surface area contributed by atoms with Gasteiger partial charge in [0.25, 0.3) is 0 Å². The number of rotatable bonds is 8. The number of hydrogen-bond acceptors (Lipinski definition) is 1. The highest BCUT2D eigenvalue weighted by atomic mass is 31.1. The first-order chi connectivity index (χ1) is 17.2. The Morgan fingerprint density at radius 3 is 1.83 bits per heavy atom. The fourth-order valence-corrected chi connectivity index (χ4v) is 4.48. The van der Waals surface area contributed by atoms with Crippen molar-refractivity contribution in [1.29, 1.82) is 0 Å². The molecule has 0 heterocycles.